The first kappa shape index (κ1) is 15.2. The molecule has 0 spiro atoms. The molecule has 0 unspecified atom stereocenters. The fraction of sp³-hybridized carbons (Fsp3) is 0.353. The summed E-state index contributed by atoms with van der Waals surface area (Å²) < 4.78 is 5.45. The molecule has 0 saturated heterocycles. The van der Waals surface area contributed by atoms with Crippen LogP contribution in [-0.4, -0.2) is 28.1 Å². The summed E-state index contributed by atoms with van der Waals surface area (Å²) in [6, 6.07) is 8.07. The van der Waals surface area contributed by atoms with Crippen molar-refractivity contribution in [2.24, 2.45) is 0 Å². The van der Waals surface area contributed by atoms with Crippen LogP contribution in [-0.2, 0) is 11.3 Å². The smallest absolute Gasteiger partial charge is 0.410 e. The number of nitrogens with zero attached hydrogens (tertiary/aromatic N) is 1. The van der Waals surface area contributed by atoms with Gasteiger partial charge in [0.25, 0.3) is 0 Å². The molecule has 0 bridgehead atoms. The van der Waals surface area contributed by atoms with Gasteiger partial charge in [0.15, 0.2) is 0 Å². The van der Waals surface area contributed by atoms with Gasteiger partial charge < -0.3 is 14.6 Å². The third-order valence-electron chi connectivity index (χ3n) is 3.04. The minimum atomic E-state index is -0.505. The Morgan fingerprint density at radius 2 is 2.14 bits per heavy atom. The molecule has 0 saturated carbocycles. The number of para-hydroxylation sites is 1. The molecule has 0 aliphatic rings. The van der Waals surface area contributed by atoms with E-state index in [0.717, 1.165) is 16.5 Å². The minimum absolute atomic E-state index is 0.328. The molecule has 4 nitrogen and oxygen atoms in total. The number of rotatable bonds is 4. The third kappa shape index (κ3) is 3.88. The number of hydrogen-bond donors (Lipinski definition) is 1. The summed E-state index contributed by atoms with van der Waals surface area (Å²) in [4.78, 5) is 17.1. The number of hydrogen-bond acceptors (Lipinski definition) is 2. The number of fused-ring (bicyclic) bond motifs is 1. The maximum absolute atomic E-state index is 12.3. The Hall–Kier alpha value is -2.23. The summed E-state index contributed by atoms with van der Waals surface area (Å²) in [5, 5.41) is 1.13. The second-order valence-corrected chi connectivity index (χ2v) is 6.01. The van der Waals surface area contributed by atoms with Gasteiger partial charge in [-0.2, -0.15) is 0 Å². The monoisotopic (exact) mass is 286 g/mol. The Bertz CT molecular complexity index is 638. The maximum atomic E-state index is 12.3. The van der Waals surface area contributed by atoms with Crippen molar-refractivity contribution in [2.45, 2.75) is 32.9 Å². The van der Waals surface area contributed by atoms with Crippen molar-refractivity contribution >= 4 is 17.0 Å². The number of H-pyrrole nitrogens is 1. The molecule has 0 radical (unpaired) electrons. The molecule has 4 heteroatoms. The van der Waals surface area contributed by atoms with Gasteiger partial charge in [0.2, 0.25) is 0 Å². The first-order valence-corrected chi connectivity index (χ1v) is 7.04. The first-order chi connectivity index (χ1) is 9.90. The SMILES string of the molecule is C=CCN(Cc1cccc2cc[nH]c12)C(=O)OC(C)(C)C. The molecule has 112 valence electrons. The van der Waals surface area contributed by atoms with Gasteiger partial charge in [-0.05, 0) is 37.8 Å². The molecule has 2 aromatic rings. The van der Waals surface area contributed by atoms with E-state index in [4.69, 9.17) is 4.74 Å². The van der Waals surface area contributed by atoms with Crippen LogP contribution >= 0.6 is 0 Å². The lowest BCUT2D eigenvalue weighted by Crippen LogP contribution is -2.36. The van der Waals surface area contributed by atoms with Crippen LogP contribution in [0.15, 0.2) is 43.1 Å². The maximum Gasteiger partial charge on any atom is 0.410 e. The molecule has 1 aromatic heterocycles. The lowest BCUT2D eigenvalue weighted by Gasteiger charge is -2.26. The van der Waals surface area contributed by atoms with Crippen molar-refractivity contribution in [3.63, 3.8) is 0 Å². The number of amides is 1. The lowest BCUT2D eigenvalue weighted by atomic mass is 10.1. The van der Waals surface area contributed by atoms with E-state index in [-0.39, 0.29) is 6.09 Å². The zero-order valence-electron chi connectivity index (χ0n) is 12.8. The quantitative estimate of drug-likeness (QED) is 0.860. The average Bonchev–Trinajstić information content (AvgIpc) is 2.85. The van der Waals surface area contributed by atoms with Crippen LogP contribution in [0.25, 0.3) is 10.9 Å². The van der Waals surface area contributed by atoms with Gasteiger partial charge in [-0.15, -0.1) is 6.58 Å². The molecule has 1 amide bonds. The Kier molecular flexibility index (Phi) is 4.36. The summed E-state index contributed by atoms with van der Waals surface area (Å²) >= 11 is 0. The van der Waals surface area contributed by atoms with Gasteiger partial charge in [0.1, 0.15) is 5.60 Å². The summed E-state index contributed by atoms with van der Waals surface area (Å²) in [7, 11) is 0. The number of aromatic amines is 1. The van der Waals surface area contributed by atoms with Crippen LogP contribution in [0, 0.1) is 0 Å². The fourth-order valence-corrected chi connectivity index (χ4v) is 2.17. The van der Waals surface area contributed by atoms with Crippen molar-refractivity contribution in [2.75, 3.05) is 6.54 Å². The topological polar surface area (TPSA) is 45.3 Å². The third-order valence-corrected chi connectivity index (χ3v) is 3.04. The highest BCUT2D eigenvalue weighted by atomic mass is 16.6. The zero-order chi connectivity index (χ0) is 15.5. The molecule has 1 N–H and O–H groups in total. The number of aromatic nitrogens is 1. The van der Waals surface area contributed by atoms with Gasteiger partial charge in [-0.3, -0.25) is 0 Å². The van der Waals surface area contributed by atoms with E-state index in [9.17, 15) is 4.79 Å². The van der Waals surface area contributed by atoms with Gasteiger partial charge in [0.05, 0.1) is 12.1 Å². The first-order valence-electron chi connectivity index (χ1n) is 7.04. The van der Waals surface area contributed by atoms with E-state index in [0.29, 0.717) is 13.1 Å². The number of ether oxygens (including phenoxy) is 1. The van der Waals surface area contributed by atoms with E-state index >= 15 is 0 Å². The number of carbonyl (C=O) groups excluding carboxylic acids is 1. The highest BCUT2D eigenvalue weighted by Gasteiger charge is 2.22. The molecule has 21 heavy (non-hydrogen) atoms. The number of carbonyl (C=O) groups is 1. The van der Waals surface area contributed by atoms with Gasteiger partial charge in [-0.1, -0.05) is 24.3 Å². The van der Waals surface area contributed by atoms with Crippen molar-refractivity contribution in [1.29, 1.82) is 0 Å². The predicted molar refractivity (Wildman–Crippen MR) is 85.1 cm³/mol. The summed E-state index contributed by atoms with van der Waals surface area (Å²) in [5.41, 5.74) is 1.61. The molecule has 0 fully saturated rings. The zero-order valence-corrected chi connectivity index (χ0v) is 12.8. The number of benzene rings is 1. The van der Waals surface area contributed by atoms with Crippen molar-refractivity contribution in [1.82, 2.24) is 9.88 Å². The average molecular weight is 286 g/mol. The van der Waals surface area contributed by atoms with Crippen LogP contribution in [0.4, 0.5) is 4.79 Å². The second kappa shape index (κ2) is 6.04. The molecule has 0 aliphatic heterocycles. The van der Waals surface area contributed by atoms with E-state index in [1.807, 2.05) is 51.2 Å². The highest BCUT2D eigenvalue weighted by Crippen LogP contribution is 2.20. The van der Waals surface area contributed by atoms with Crippen LogP contribution in [0.5, 0.6) is 0 Å². The van der Waals surface area contributed by atoms with E-state index in [1.165, 1.54) is 0 Å². The van der Waals surface area contributed by atoms with Crippen molar-refractivity contribution in [3.05, 3.63) is 48.7 Å². The predicted octanol–water partition coefficient (Wildman–Crippen LogP) is 4.09. The fourth-order valence-electron chi connectivity index (χ4n) is 2.17. The molecule has 2 rings (SSSR count). The van der Waals surface area contributed by atoms with Crippen LogP contribution < -0.4 is 0 Å². The van der Waals surface area contributed by atoms with Crippen LogP contribution in [0.2, 0.25) is 0 Å². The molecule has 1 aromatic carbocycles. The van der Waals surface area contributed by atoms with Crippen LogP contribution in [0.3, 0.4) is 0 Å². The molecular weight excluding hydrogens is 264 g/mol. The Labute approximate surface area is 125 Å². The van der Waals surface area contributed by atoms with E-state index < -0.39 is 5.60 Å². The van der Waals surface area contributed by atoms with Crippen molar-refractivity contribution < 1.29 is 9.53 Å². The number of nitrogens with one attached hydrogen (secondary N) is 1. The van der Waals surface area contributed by atoms with Crippen molar-refractivity contribution in [3.8, 4) is 0 Å². The molecule has 0 atom stereocenters. The summed E-state index contributed by atoms with van der Waals surface area (Å²) in [6.07, 6.45) is 3.28. The largest absolute Gasteiger partial charge is 0.444 e. The molecular formula is C17H22N2O2. The Morgan fingerprint density at radius 1 is 1.38 bits per heavy atom. The van der Waals surface area contributed by atoms with E-state index in [2.05, 4.69) is 11.6 Å². The second-order valence-electron chi connectivity index (χ2n) is 6.01. The molecule has 1 heterocycles. The molecule has 0 aliphatic carbocycles. The van der Waals surface area contributed by atoms with E-state index in [1.54, 1.807) is 11.0 Å². The standard InChI is InChI=1S/C17H22N2O2/c1-5-11-19(16(20)21-17(2,3)4)12-14-8-6-7-13-9-10-18-15(13)14/h5-10,18H,1,11-12H2,2-4H3. The Balaban J connectivity index is 2.21. The van der Waals surface area contributed by atoms with Gasteiger partial charge in [-0.25, -0.2) is 4.79 Å². The van der Waals surface area contributed by atoms with Gasteiger partial charge in [0, 0.05) is 12.7 Å². The lowest BCUT2D eigenvalue weighted by molar-refractivity contribution is 0.0257. The normalized spacial score (nSPS) is 11.4. The van der Waals surface area contributed by atoms with Gasteiger partial charge >= 0.3 is 6.09 Å². The minimum Gasteiger partial charge on any atom is -0.444 e. The van der Waals surface area contributed by atoms with Crippen LogP contribution in [0.1, 0.15) is 26.3 Å². The summed E-state index contributed by atoms with van der Waals surface area (Å²) in [5.74, 6) is 0. The summed E-state index contributed by atoms with van der Waals surface area (Å²) in [6.45, 7) is 10.2. The Morgan fingerprint density at radius 3 is 2.81 bits per heavy atom. The highest BCUT2D eigenvalue weighted by molar-refractivity contribution is 5.82.